The first-order valence-electron chi connectivity index (χ1n) is 6.14. The largest absolute Gasteiger partial charge is 0.488 e. The molecule has 0 amide bonds. The van der Waals surface area contributed by atoms with Gasteiger partial charge in [0, 0.05) is 6.20 Å². The van der Waals surface area contributed by atoms with E-state index in [1.807, 2.05) is 23.8 Å². The number of nitrogens with zero attached hydrogens (tertiary/aromatic N) is 1. The molecule has 0 spiro atoms. The van der Waals surface area contributed by atoms with Gasteiger partial charge in [-0.2, -0.15) is 0 Å². The molecule has 18 heavy (non-hydrogen) atoms. The van der Waals surface area contributed by atoms with Crippen molar-refractivity contribution in [1.29, 1.82) is 0 Å². The first-order chi connectivity index (χ1) is 8.83. The summed E-state index contributed by atoms with van der Waals surface area (Å²) in [7, 11) is 0. The fourth-order valence-electron chi connectivity index (χ4n) is 2.32. The van der Waals surface area contributed by atoms with Crippen molar-refractivity contribution in [3.8, 4) is 5.75 Å². The van der Waals surface area contributed by atoms with Crippen LogP contribution in [-0.4, -0.2) is 10.1 Å². The van der Waals surface area contributed by atoms with Crippen LogP contribution in [0.3, 0.4) is 0 Å². The minimum Gasteiger partial charge on any atom is -0.488 e. The lowest BCUT2D eigenvalue weighted by Crippen LogP contribution is -2.09. The number of rotatable bonds is 3. The van der Waals surface area contributed by atoms with E-state index in [9.17, 15) is 5.11 Å². The van der Waals surface area contributed by atoms with Crippen LogP contribution in [0.25, 0.3) is 0 Å². The quantitative estimate of drug-likeness (QED) is 0.923. The van der Waals surface area contributed by atoms with Crippen molar-refractivity contribution in [1.82, 2.24) is 4.98 Å². The molecule has 0 fully saturated rings. The summed E-state index contributed by atoms with van der Waals surface area (Å²) in [6.45, 7) is 0.562. The van der Waals surface area contributed by atoms with Crippen LogP contribution in [0, 0.1) is 0 Å². The van der Waals surface area contributed by atoms with Crippen molar-refractivity contribution < 1.29 is 9.84 Å². The second kappa shape index (κ2) is 5.08. The Bertz CT molecular complexity index is 525. The number of thiazole rings is 1. The second-order valence-electron chi connectivity index (χ2n) is 4.53. The van der Waals surface area contributed by atoms with Crippen LogP contribution in [0.5, 0.6) is 5.75 Å². The molecule has 1 heterocycles. The third kappa shape index (κ3) is 2.40. The van der Waals surface area contributed by atoms with Gasteiger partial charge in [0.1, 0.15) is 12.4 Å². The van der Waals surface area contributed by atoms with Crippen LogP contribution in [-0.2, 0) is 13.0 Å². The van der Waals surface area contributed by atoms with Gasteiger partial charge in [-0.1, -0.05) is 6.07 Å². The van der Waals surface area contributed by atoms with E-state index in [1.54, 1.807) is 11.3 Å². The van der Waals surface area contributed by atoms with Crippen LogP contribution < -0.4 is 4.74 Å². The zero-order valence-corrected chi connectivity index (χ0v) is 10.8. The molecular weight excluding hydrogens is 246 g/mol. The fourth-order valence-corrected chi connectivity index (χ4v) is 2.83. The molecule has 1 aliphatic carbocycles. The molecule has 0 saturated heterocycles. The lowest BCUT2D eigenvalue weighted by atomic mass is 9.89. The highest BCUT2D eigenvalue weighted by molar-refractivity contribution is 7.09. The molecule has 1 aliphatic rings. The number of fused-ring (bicyclic) bond motifs is 1. The van der Waals surface area contributed by atoms with Gasteiger partial charge in [0.15, 0.2) is 0 Å². The number of hydrogen-bond acceptors (Lipinski definition) is 4. The maximum absolute atomic E-state index is 9.88. The Kier molecular flexibility index (Phi) is 3.30. The van der Waals surface area contributed by atoms with Gasteiger partial charge >= 0.3 is 0 Å². The molecule has 94 valence electrons. The average molecular weight is 261 g/mol. The first-order valence-corrected chi connectivity index (χ1v) is 7.02. The van der Waals surface area contributed by atoms with E-state index in [0.717, 1.165) is 35.5 Å². The first kappa shape index (κ1) is 11.7. The van der Waals surface area contributed by atoms with Crippen molar-refractivity contribution >= 4 is 11.3 Å². The Morgan fingerprint density at radius 3 is 3.22 bits per heavy atom. The minimum absolute atomic E-state index is 0.302. The molecule has 1 aromatic heterocycles. The maximum Gasteiger partial charge on any atom is 0.124 e. The number of hydrogen-bond donors (Lipinski definition) is 1. The van der Waals surface area contributed by atoms with Crippen molar-refractivity contribution in [3.63, 3.8) is 0 Å². The van der Waals surface area contributed by atoms with Gasteiger partial charge in [-0.25, -0.2) is 0 Å². The number of benzene rings is 1. The fraction of sp³-hybridized carbons (Fsp3) is 0.357. The Labute approximate surface area is 110 Å². The number of ether oxygens (including phenoxy) is 1. The third-order valence-corrected chi connectivity index (χ3v) is 4.01. The van der Waals surface area contributed by atoms with Crippen molar-refractivity contribution in [2.24, 2.45) is 0 Å². The summed E-state index contributed by atoms with van der Waals surface area (Å²) in [6.07, 6.45) is 4.47. The Morgan fingerprint density at radius 1 is 1.44 bits per heavy atom. The van der Waals surface area contributed by atoms with Gasteiger partial charge in [0.25, 0.3) is 0 Å². The molecule has 3 rings (SSSR count). The van der Waals surface area contributed by atoms with Crippen LogP contribution in [0.15, 0.2) is 29.9 Å². The van der Waals surface area contributed by atoms with E-state index in [-0.39, 0.29) is 6.10 Å². The summed E-state index contributed by atoms with van der Waals surface area (Å²) in [6, 6.07) is 5.98. The van der Waals surface area contributed by atoms with Gasteiger partial charge < -0.3 is 9.84 Å². The van der Waals surface area contributed by atoms with Crippen LogP contribution >= 0.6 is 11.3 Å². The van der Waals surface area contributed by atoms with Crippen LogP contribution in [0.2, 0.25) is 0 Å². The number of aliphatic hydroxyl groups excluding tert-OH is 1. The van der Waals surface area contributed by atoms with Crippen LogP contribution in [0.4, 0.5) is 0 Å². The van der Waals surface area contributed by atoms with E-state index < -0.39 is 0 Å². The molecule has 0 bridgehead atoms. The SMILES string of the molecule is OC1CCCc2cc(OCc3cncs3)ccc21. The molecule has 3 nitrogen and oxygen atoms in total. The summed E-state index contributed by atoms with van der Waals surface area (Å²) in [5, 5.41) is 9.88. The molecule has 1 unspecified atom stereocenters. The van der Waals surface area contributed by atoms with E-state index in [1.165, 1.54) is 5.56 Å². The normalized spacial score (nSPS) is 18.4. The lowest BCUT2D eigenvalue weighted by molar-refractivity contribution is 0.156. The molecule has 0 aliphatic heterocycles. The highest BCUT2D eigenvalue weighted by Gasteiger charge is 2.18. The molecule has 4 heteroatoms. The van der Waals surface area contributed by atoms with Crippen molar-refractivity contribution in [3.05, 3.63) is 45.9 Å². The highest BCUT2D eigenvalue weighted by Crippen LogP contribution is 2.32. The Hall–Kier alpha value is -1.39. The van der Waals surface area contributed by atoms with E-state index in [2.05, 4.69) is 11.1 Å². The number of aromatic nitrogens is 1. The van der Waals surface area contributed by atoms with E-state index in [4.69, 9.17) is 4.74 Å². The molecule has 0 saturated carbocycles. The molecule has 1 N–H and O–H groups in total. The standard InChI is InChI=1S/C14H15NO2S/c16-14-3-1-2-10-6-11(4-5-13(10)14)17-8-12-7-15-9-18-12/h4-7,9,14,16H,1-3,8H2. The molecule has 1 atom stereocenters. The summed E-state index contributed by atoms with van der Waals surface area (Å²) in [4.78, 5) is 5.14. The zero-order valence-electron chi connectivity index (χ0n) is 10.0. The zero-order chi connectivity index (χ0) is 12.4. The molecule has 0 radical (unpaired) electrons. The van der Waals surface area contributed by atoms with E-state index in [0.29, 0.717) is 6.61 Å². The van der Waals surface area contributed by atoms with Gasteiger partial charge in [0.05, 0.1) is 16.5 Å². The van der Waals surface area contributed by atoms with Gasteiger partial charge in [-0.3, -0.25) is 4.98 Å². The predicted molar refractivity (Wildman–Crippen MR) is 70.8 cm³/mol. The summed E-state index contributed by atoms with van der Waals surface area (Å²) < 4.78 is 5.74. The van der Waals surface area contributed by atoms with Crippen molar-refractivity contribution in [2.75, 3.05) is 0 Å². The van der Waals surface area contributed by atoms with Gasteiger partial charge in [0.2, 0.25) is 0 Å². The Balaban J connectivity index is 1.74. The monoisotopic (exact) mass is 261 g/mol. The van der Waals surface area contributed by atoms with Crippen molar-refractivity contribution in [2.45, 2.75) is 32.0 Å². The third-order valence-electron chi connectivity index (χ3n) is 3.26. The maximum atomic E-state index is 9.88. The molecular formula is C14H15NO2S. The second-order valence-corrected chi connectivity index (χ2v) is 5.50. The number of aliphatic hydroxyl groups is 1. The molecule has 2 aromatic rings. The summed E-state index contributed by atoms with van der Waals surface area (Å²) in [5.41, 5.74) is 4.09. The van der Waals surface area contributed by atoms with Crippen LogP contribution in [0.1, 0.15) is 34.9 Å². The Morgan fingerprint density at radius 2 is 2.39 bits per heavy atom. The highest BCUT2D eigenvalue weighted by atomic mass is 32.1. The number of aryl methyl sites for hydroxylation is 1. The minimum atomic E-state index is -0.302. The summed E-state index contributed by atoms with van der Waals surface area (Å²) in [5.74, 6) is 0.872. The predicted octanol–water partition coefficient (Wildman–Crippen LogP) is 3.09. The lowest BCUT2D eigenvalue weighted by Gasteiger charge is -2.21. The van der Waals surface area contributed by atoms with E-state index >= 15 is 0 Å². The molecule has 1 aromatic carbocycles. The summed E-state index contributed by atoms with van der Waals surface area (Å²) >= 11 is 1.60. The van der Waals surface area contributed by atoms with Gasteiger partial charge in [-0.05, 0) is 42.5 Å². The smallest absolute Gasteiger partial charge is 0.124 e. The topological polar surface area (TPSA) is 42.4 Å². The average Bonchev–Trinajstić information content (AvgIpc) is 2.90. The van der Waals surface area contributed by atoms with Gasteiger partial charge in [-0.15, -0.1) is 11.3 Å².